The van der Waals surface area contributed by atoms with Crippen LogP contribution in [0.1, 0.15) is 11.0 Å². The van der Waals surface area contributed by atoms with Crippen LogP contribution in [0.25, 0.3) is 75.0 Å². The Morgan fingerprint density at radius 1 is 0.635 bits per heavy atom. The molecule has 0 unspecified atom stereocenters. The largest absolute Gasteiger partial charge is 0.344 e. The van der Waals surface area contributed by atoms with Crippen LogP contribution in [0.3, 0.4) is 0 Å². The lowest BCUT2D eigenvalue weighted by Crippen LogP contribution is -2.58. The maximum atomic E-state index is 8.47. The smallest absolute Gasteiger partial charge is 0.332 e. The van der Waals surface area contributed by atoms with Crippen molar-refractivity contribution < 1.29 is 5.48 Å². The average molecular weight is 684 g/mol. The standard InChI is InChI=1S/C47H30BN3S/c1-29-23-25-31(26-24-29)44-36-19-9-11-21-39(36)49-47(50-44)51-45-41(34-17-7-8-18-35(34)42-37-20-10-12-22-40(37)52-46(42)45)38-28-27-30-13-5-6-16-33(30)43(38)48(51)32-14-3-2-4-15-32/h2-28H,1H3/i1D3,2D. The van der Waals surface area contributed by atoms with Crippen molar-refractivity contribution in [2.24, 2.45) is 0 Å². The maximum Gasteiger partial charge on any atom is 0.332 e. The van der Waals surface area contributed by atoms with E-state index < -0.39 is 6.85 Å². The van der Waals surface area contributed by atoms with Crippen LogP contribution in [-0.2, 0) is 0 Å². The van der Waals surface area contributed by atoms with E-state index in [9.17, 15) is 0 Å². The highest BCUT2D eigenvalue weighted by Crippen LogP contribution is 2.53. The highest BCUT2D eigenvalue weighted by Gasteiger charge is 2.42. The number of rotatable bonds is 3. The molecule has 3 heterocycles. The van der Waals surface area contributed by atoms with Crippen molar-refractivity contribution in [3.8, 4) is 22.4 Å². The molecule has 52 heavy (non-hydrogen) atoms. The Morgan fingerprint density at radius 3 is 2.17 bits per heavy atom. The third-order valence-electron chi connectivity index (χ3n) is 10.6. The molecule has 1 aliphatic heterocycles. The van der Waals surface area contributed by atoms with Gasteiger partial charge in [0.15, 0.2) is 0 Å². The molecule has 5 heteroatoms. The zero-order valence-corrected chi connectivity index (χ0v) is 28.7. The molecule has 11 rings (SSSR count). The van der Waals surface area contributed by atoms with Gasteiger partial charge in [-0.15, -0.1) is 11.3 Å². The molecule has 0 saturated heterocycles. The molecule has 0 N–H and O–H groups in total. The minimum Gasteiger partial charge on any atom is -0.344 e. The molecule has 3 nitrogen and oxygen atoms in total. The Balaban J connectivity index is 1.33. The van der Waals surface area contributed by atoms with E-state index in [1.54, 1.807) is 23.5 Å². The van der Waals surface area contributed by atoms with Crippen molar-refractivity contribution in [3.63, 3.8) is 0 Å². The van der Waals surface area contributed by atoms with Crippen molar-refractivity contribution in [3.05, 3.63) is 169 Å². The summed E-state index contributed by atoms with van der Waals surface area (Å²) in [6, 6.07) is 53.9. The third-order valence-corrected chi connectivity index (χ3v) is 11.7. The Morgan fingerprint density at radius 2 is 1.35 bits per heavy atom. The van der Waals surface area contributed by atoms with E-state index in [-0.39, 0.29) is 12.4 Å². The molecule has 0 spiro atoms. The minimum absolute atomic E-state index is 0.283. The number of hydrogen-bond donors (Lipinski definition) is 0. The summed E-state index contributed by atoms with van der Waals surface area (Å²) in [7, 11) is 0. The Bertz CT molecular complexity index is 3210. The Hall–Kier alpha value is -6.30. The molecule has 0 atom stereocenters. The second-order valence-corrected chi connectivity index (χ2v) is 14.4. The summed E-state index contributed by atoms with van der Waals surface area (Å²) in [5, 5.41) is 7.92. The van der Waals surface area contributed by atoms with Gasteiger partial charge < -0.3 is 4.81 Å². The summed E-state index contributed by atoms with van der Waals surface area (Å²) in [6.07, 6.45) is 0. The van der Waals surface area contributed by atoms with Crippen molar-refractivity contribution in [2.45, 2.75) is 6.85 Å². The van der Waals surface area contributed by atoms with Gasteiger partial charge in [0.05, 0.1) is 23.0 Å². The molecule has 0 bridgehead atoms. The van der Waals surface area contributed by atoms with E-state index in [0.717, 1.165) is 70.8 Å². The van der Waals surface area contributed by atoms with Crippen molar-refractivity contribution in [1.82, 2.24) is 9.97 Å². The molecule has 0 fully saturated rings. The number of hydrogen-bond acceptors (Lipinski definition) is 4. The van der Waals surface area contributed by atoms with Crippen LogP contribution in [-0.4, -0.2) is 16.8 Å². The predicted molar refractivity (Wildman–Crippen MR) is 223 cm³/mol. The van der Waals surface area contributed by atoms with Gasteiger partial charge in [0.2, 0.25) is 5.95 Å². The minimum atomic E-state index is -2.22. The van der Waals surface area contributed by atoms with Gasteiger partial charge in [0, 0.05) is 36.1 Å². The van der Waals surface area contributed by atoms with E-state index in [2.05, 4.69) is 102 Å². The van der Waals surface area contributed by atoms with E-state index in [1.165, 1.54) is 20.9 Å². The second-order valence-electron chi connectivity index (χ2n) is 13.4. The van der Waals surface area contributed by atoms with Crippen LogP contribution in [0.2, 0.25) is 0 Å². The van der Waals surface area contributed by atoms with Crippen LogP contribution < -0.4 is 15.7 Å². The number of thiophene rings is 1. The predicted octanol–water partition coefficient (Wildman–Crippen LogP) is 11.2. The number of aryl methyl sites for hydroxylation is 1. The highest BCUT2D eigenvalue weighted by atomic mass is 32.1. The summed E-state index contributed by atoms with van der Waals surface area (Å²) in [5.41, 5.74) is 8.10. The zero-order valence-electron chi connectivity index (χ0n) is 31.8. The molecule has 2 aromatic heterocycles. The first kappa shape index (κ1) is 25.6. The first-order valence-corrected chi connectivity index (χ1v) is 18.3. The highest BCUT2D eigenvalue weighted by molar-refractivity contribution is 7.26. The molecular formula is C47H30BN3S. The van der Waals surface area contributed by atoms with E-state index >= 15 is 0 Å². The topological polar surface area (TPSA) is 29.0 Å². The van der Waals surface area contributed by atoms with Crippen LogP contribution in [0.4, 0.5) is 11.6 Å². The number of aromatic nitrogens is 2. The molecule has 242 valence electrons. The van der Waals surface area contributed by atoms with Crippen molar-refractivity contribution in [1.29, 1.82) is 0 Å². The van der Waals surface area contributed by atoms with E-state index in [4.69, 9.17) is 15.5 Å². The molecule has 0 radical (unpaired) electrons. The van der Waals surface area contributed by atoms with Gasteiger partial charge >= 0.3 is 6.85 Å². The average Bonchev–Trinajstić information content (AvgIpc) is 3.63. The van der Waals surface area contributed by atoms with E-state index in [0.29, 0.717) is 12.0 Å². The van der Waals surface area contributed by atoms with Crippen molar-refractivity contribution in [2.75, 3.05) is 4.81 Å². The summed E-state index contributed by atoms with van der Waals surface area (Å²) in [5.74, 6) is 0.535. The molecule has 0 amide bonds. The normalized spacial score (nSPS) is 14.0. The van der Waals surface area contributed by atoms with Gasteiger partial charge in [-0.25, -0.2) is 9.97 Å². The van der Waals surface area contributed by atoms with E-state index in [1.807, 2.05) is 48.5 Å². The number of nitrogens with zero attached hydrogens (tertiary/aromatic N) is 3. The zero-order chi connectivity index (χ0) is 37.7. The third kappa shape index (κ3) is 4.26. The molecule has 1 aliphatic rings. The first-order valence-electron chi connectivity index (χ1n) is 19.4. The summed E-state index contributed by atoms with van der Waals surface area (Å²) in [6.45, 7) is -2.59. The molecule has 8 aromatic carbocycles. The van der Waals surface area contributed by atoms with Gasteiger partial charge in [0.25, 0.3) is 0 Å². The fraction of sp³-hybridized carbons (Fsp3) is 0.0213. The SMILES string of the molecule is [2H]c1ccc(B2c3c(ccc4ccccc34)-c3c(c4sc5ccccc5c4c4ccccc34)N2c2nc(-c3ccc(C([2H])([2H])[2H])cc3)c3ccccc3n2)cc1. The summed E-state index contributed by atoms with van der Waals surface area (Å²) >= 11 is 1.80. The first-order chi connectivity index (χ1) is 27.3. The van der Waals surface area contributed by atoms with Crippen LogP contribution >= 0.6 is 11.3 Å². The Labute approximate surface area is 311 Å². The van der Waals surface area contributed by atoms with Gasteiger partial charge in [0.1, 0.15) is 0 Å². The fourth-order valence-corrected chi connectivity index (χ4v) is 9.61. The fourth-order valence-electron chi connectivity index (χ4n) is 8.34. The van der Waals surface area contributed by atoms with Gasteiger partial charge in [-0.3, -0.25) is 0 Å². The van der Waals surface area contributed by atoms with Gasteiger partial charge in [-0.05, 0) is 51.6 Å². The van der Waals surface area contributed by atoms with Gasteiger partial charge in [-0.1, -0.05) is 163 Å². The maximum absolute atomic E-state index is 8.47. The number of fused-ring (bicyclic) bond motifs is 13. The molecular weight excluding hydrogens is 649 g/mol. The summed E-state index contributed by atoms with van der Waals surface area (Å²) < 4.78 is 34.8. The summed E-state index contributed by atoms with van der Waals surface area (Å²) in [4.78, 5) is 13.3. The van der Waals surface area contributed by atoms with Crippen LogP contribution in [0, 0.1) is 6.85 Å². The number of anilines is 2. The number of para-hydroxylation sites is 1. The number of benzene rings is 8. The lowest BCUT2D eigenvalue weighted by Gasteiger charge is -2.39. The molecule has 0 saturated carbocycles. The van der Waals surface area contributed by atoms with Crippen LogP contribution in [0.5, 0.6) is 0 Å². The van der Waals surface area contributed by atoms with Crippen molar-refractivity contribution >= 4 is 93.4 Å². The quantitative estimate of drug-likeness (QED) is 0.174. The lowest BCUT2D eigenvalue weighted by molar-refractivity contribution is 1.16. The second kappa shape index (κ2) is 11.4. The monoisotopic (exact) mass is 683 g/mol. The van der Waals surface area contributed by atoms with Gasteiger partial charge in [-0.2, -0.15) is 0 Å². The molecule has 10 aromatic rings. The lowest BCUT2D eigenvalue weighted by atomic mass is 9.45. The Kier molecular flexibility index (Phi) is 5.60. The van der Waals surface area contributed by atoms with Crippen LogP contribution in [0.15, 0.2) is 164 Å². The molecule has 0 aliphatic carbocycles.